The van der Waals surface area contributed by atoms with E-state index in [0.717, 1.165) is 5.52 Å². The molecule has 3 rings (SSSR count). The molecule has 0 bridgehead atoms. The maximum absolute atomic E-state index is 12.6. The van der Waals surface area contributed by atoms with Crippen LogP contribution in [0, 0.1) is 0 Å². The average molecular weight is 255 g/mol. The monoisotopic (exact) mass is 255 g/mol. The number of H-pyrrole nitrogens is 1. The highest BCUT2D eigenvalue weighted by atomic mass is 16.5. The van der Waals surface area contributed by atoms with Crippen molar-refractivity contribution < 1.29 is 9.47 Å². The minimum Gasteiger partial charge on any atom is -0.496 e. The van der Waals surface area contributed by atoms with Gasteiger partial charge in [-0.05, 0) is 24.3 Å². The van der Waals surface area contributed by atoms with Crippen molar-refractivity contribution in [3.05, 3.63) is 46.6 Å². The number of rotatable bonds is 2. The van der Waals surface area contributed by atoms with Crippen LogP contribution in [0.2, 0.25) is 0 Å². The van der Waals surface area contributed by atoms with Crippen molar-refractivity contribution in [2.75, 3.05) is 14.2 Å². The number of fused-ring (bicyclic) bond motifs is 2. The fourth-order valence-electron chi connectivity index (χ4n) is 2.33. The predicted molar refractivity (Wildman–Crippen MR) is 75.2 cm³/mol. The van der Waals surface area contributed by atoms with E-state index in [9.17, 15) is 4.79 Å². The highest BCUT2D eigenvalue weighted by Gasteiger charge is 2.11. The molecule has 1 heterocycles. The van der Waals surface area contributed by atoms with Crippen molar-refractivity contribution in [1.29, 1.82) is 0 Å². The Labute approximate surface area is 109 Å². The maximum Gasteiger partial charge on any atom is 0.201 e. The molecular weight excluding hydrogens is 242 g/mol. The third-order valence-electron chi connectivity index (χ3n) is 3.22. The standard InChI is InChI=1S/C15H13NO3/c1-18-11-7-4-6-10-13(11)15(17)9-5-3-8-12(19-2)14(9)16-10/h3-8H,1-2H3,(H,16,17). The summed E-state index contributed by atoms with van der Waals surface area (Å²) in [6.07, 6.45) is 0. The van der Waals surface area contributed by atoms with Crippen LogP contribution in [0.4, 0.5) is 0 Å². The molecule has 4 nitrogen and oxygen atoms in total. The molecule has 0 aliphatic heterocycles. The van der Waals surface area contributed by atoms with E-state index in [0.29, 0.717) is 27.8 Å². The van der Waals surface area contributed by atoms with Gasteiger partial charge in [0.1, 0.15) is 11.5 Å². The fraction of sp³-hybridized carbons (Fsp3) is 0.133. The topological polar surface area (TPSA) is 51.3 Å². The number of ether oxygens (including phenoxy) is 2. The number of aromatic amines is 1. The number of aromatic nitrogens is 1. The van der Waals surface area contributed by atoms with Crippen molar-refractivity contribution in [3.63, 3.8) is 0 Å². The summed E-state index contributed by atoms with van der Waals surface area (Å²) in [5.74, 6) is 1.22. The molecule has 0 unspecified atom stereocenters. The molecule has 2 aromatic carbocycles. The van der Waals surface area contributed by atoms with Crippen molar-refractivity contribution in [1.82, 2.24) is 4.98 Å². The molecule has 0 saturated heterocycles. The lowest BCUT2D eigenvalue weighted by atomic mass is 10.1. The van der Waals surface area contributed by atoms with E-state index in [1.807, 2.05) is 18.2 Å². The average Bonchev–Trinajstić information content (AvgIpc) is 2.46. The predicted octanol–water partition coefficient (Wildman–Crippen LogP) is 2.70. The lowest BCUT2D eigenvalue weighted by Crippen LogP contribution is -2.06. The summed E-state index contributed by atoms with van der Waals surface area (Å²) < 4.78 is 10.5. The molecule has 96 valence electrons. The van der Waals surface area contributed by atoms with Crippen molar-refractivity contribution in [3.8, 4) is 11.5 Å². The number of hydrogen-bond acceptors (Lipinski definition) is 3. The van der Waals surface area contributed by atoms with E-state index < -0.39 is 0 Å². The first-order valence-corrected chi connectivity index (χ1v) is 5.92. The Bertz CT molecular complexity index is 821. The lowest BCUT2D eigenvalue weighted by molar-refractivity contribution is 0.418. The number of benzene rings is 2. The maximum atomic E-state index is 12.6. The first-order valence-electron chi connectivity index (χ1n) is 5.92. The number of para-hydroxylation sites is 1. The number of methoxy groups -OCH3 is 2. The van der Waals surface area contributed by atoms with Crippen molar-refractivity contribution >= 4 is 21.8 Å². The normalized spacial score (nSPS) is 10.8. The Morgan fingerprint density at radius 1 is 0.947 bits per heavy atom. The van der Waals surface area contributed by atoms with Crippen molar-refractivity contribution in [2.45, 2.75) is 0 Å². The smallest absolute Gasteiger partial charge is 0.201 e. The minimum absolute atomic E-state index is 0.0555. The number of pyridine rings is 1. The molecule has 0 spiro atoms. The quantitative estimate of drug-likeness (QED) is 0.716. The number of nitrogens with one attached hydrogen (secondary N) is 1. The second-order valence-electron chi connectivity index (χ2n) is 4.22. The highest BCUT2D eigenvalue weighted by molar-refractivity contribution is 5.97. The van der Waals surface area contributed by atoms with Gasteiger partial charge in [-0.25, -0.2) is 0 Å². The van der Waals surface area contributed by atoms with Gasteiger partial charge in [0.15, 0.2) is 0 Å². The Morgan fingerprint density at radius 2 is 1.63 bits per heavy atom. The van der Waals surface area contributed by atoms with Crippen LogP contribution in [0.1, 0.15) is 0 Å². The van der Waals surface area contributed by atoms with Crippen LogP contribution in [-0.4, -0.2) is 19.2 Å². The zero-order valence-electron chi connectivity index (χ0n) is 10.7. The van der Waals surface area contributed by atoms with Gasteiger partial charge >= 0.3 is 0 Å². The Kier molecular flexibility index (Phi) is 2.63. The van der Waals surface area contributed by atoms with Gasteiger partial charge in [-0.2, -0.15) is 0 Å². The number of hydrogen-bond donors (Lipinski definition) is 1. The van der Waals surface area contributed by atoms with Gasteiger partial charge in [-0.15, -0.1) is 0 Å². The van der Waals surface area contributed by atoms with Gasteiger partial charge in [0.25, 0.3) is 0 Å². The molecule has 0 aliphatic rings. The van der Waals surface area contributed by atoms with E-state index in [4.69, 9.17) is 9.47 Å². The van der Waals surface area contributed by atoms with Gasteiger partial charge < -0.3 is 14.5 Å². The van der Waals surface area contributed by atoms with E-state index in [1.165, 1.54) is 0 Å². The molecule has 4 heteroatoms. The third kappa shape index (κ3) is 1.64. The SMILES string of the molecule is COc1cccc2c(=O)c3c(OC)cccc3[nH]c12. The van der Waals surface area contributed by atoms with Gasteiger partial charge in [0, 0.05) is 0 Å². The van der Waals surface area contributed by atoms with Crippen LogP contribution in [0.3, 0.4) is 0 Å². The molecule has 19 heavy (non-hydrogen) atoms. The molecule has 3 aromatic rings. The minimum atomic E-state index is -0.0555. The van der Waals surface area contributed by atoms with Crippen molar-refractivity contribution in [2.24, 2.45) is 0 Å². The zero-order chi connectivity index (χ0) is 13.4. The van der Waals surface area contributed by atoms with Gasteiger partial charge in [0.05, 0.1) is 36.0 Å². The van der Waals surface area contributed by atoms with Gasteiger partial charge in [-0.1, -0.05) is 12.1 Å². The van der Waals surface area contributed by atoms with E-state index >= 15 is 0 Å². The Hall–Kier alpha value is -2.49. The Morgan fingerprint density at radius 3 is 2.37 bits per heavy atom. The molecule has 0 aliphatic carbocycles. The largest absolute Gasteiger partial charge is 0.496 e. The summed E-state index contributed by atoms with van der Waals surface area (Å²) in [4.78, 5) is 15.8. The van der Waals surface area contributed by atoms with E-state index in [1.54, 1.807) is 32.4 Å². The van der Waals surface area contributed by atoms with Gasteiger partial charge in [0.2, 0.25) is 5.43 Å². The third-order valence-corrected chi connectivity index (χ3v) is 3.22. The van der Waals surface area contributed by atoms with Crippen LogP contribution < -0.4 is 14.9 Å². The second-order valence-corrected chi connectivity index (χ2v) is 4.22. The molecule has 0 saturated carbocycles. The molecule has 1 aromatic heterocycles. The second kappa shape index (κ2) is 4.31. The molecule has 0 fully saturated rings. The zero-order valence-corrected chi connectivity index (χ0v) is 10.7. The van der Waals surface area contributed by atoms with Gasteiger partial charge in [-0.3, -0.25) is 4.79 Å². The lowest BCUT2D eigenvalue weighted by Gasteiger charge is -2.09. The van der Waals surface area contributed by atoms with Crippen LogP contribution >= 0.6 is 0 Å². The Balaban J connectivity index is 2.56. The summed E-state index contributed by atoms with van der Waals surface area (Å²) in [6.45, 7) is 0. The van der Waals surface area contributed by atoms with Crippen LogP contribution in [-0.2, 0) is 0 Å². The highest BCUT2D eigenvalue weighted by Crippen LogP contribution is 2.27. The molecule has 0 amide bonds. The summed E-state index contributed by atoms with van der Waals surface area (Å²) >= 11 is 0. The summed E-state index contributed by atoms with van der Waals surface area (Å²) in [6, 6.07) is 10.9. The fourth-order valence-corrected chi connectivity index (χ4v) is 2.33. The van der Waals surface area contributed by atoms with E-state index in [2.05, 4.69) is 4.98 Å². The van der Waals surface area contributed by atoms with Crippen LogP contribution in [0.15, 0.2) is 41.2 Å². The first kappa shape index (κ1) is 11.6. The molecule has 0 atom stereocenters. The van der Waals surface area contributed by atoms with Crippen LogP contribution in [0.5, 0.6) is 11.5 Å². The van der Waals surface area contributed by atoms with Crippen LogP contribution in [0.25, 0.3) is 21.8 Å². The molecular formula is C15H13NO3. The first-order chi connectivity index (χ1) is 9.26. The molecule has 0 radical (unpaired) electrons. The summed E-state index contributed by atoms with van der Waals surface area (Å²) in [7, 11) is 3.15. The molecule has 1 N–H and O–H groups in total. The van der Waals surface area contributed by atoms with E-state index in [-0.39, 0.29) is 5.43 Å². The summed E-state index contributed by atoms with van der Waals surface area (Å²) in [5.41, 5.74) is 1.39. The summed E-state index contributed by atoms with van der Waals surface area (Å²) in [5, 5.41) is 1.15.